The lowest BCUT2D eigenvalue weighted by Gasteiger charge is -2.47. The average Bonchev–Trinajstić information content (AvgIpc) is 3.58. The number of anilines is 3. The Morgan fingerprint density at radius 3 is 1.41 bits per heavy atom. The van der Waals surface area contributed by atoms with Gasteiger partial charge in [0.2, 0.25) is 0 Å². The van der Waals surface area contributed by atoms with Gasteiger partial charge < -0.3 is 14.0 Å². The van der Waals surface area contributed by atoms with Crippen LogP contribution in [0, 0.1) is 0 Å². The van der Waals surface area contributed by atoms with Gasteiger partial charge in [-0.15, -0.1) is 0 Å². The molecule has 0 fully saturated rings. The monoisotopic (exact) mass is 691 g/mol. The van der Waals surface area contributed by atoms with Crippen LogP contribution in [-0.4, -0.2) is 9.13 Å². The molecule has 0 amide bonds. The van der Waals surface area contributed by atoms with Crippen molar-refractivity contribution in [2.24, 2.45) is 0 Å². The van der Waals surface area contributed by atoms with Crippen LogP contribution in [0.3, 0.4) is 0 Å². The molecule has 0 spiro atoms. The van der Waals surface area contributed by atoms with Crippen LogP contribution in [-0.2, 0) is 5.54 Å². The van der Waals surface area contributed by atoms with Crippen LogP contribution in [0.15, 0.2) is 205 Å². The van der Waals surface area contributed by atoms with E-state index >= 15 is 4.79 Å². The first-order valence-electron chi connectivity index (χ1n) is 18.4. The number of fused-ring (bicyclic) bond motifs is 7. The van der Waals surface area contributed by atoms with Gasteiger partial charge in [-0.2, -0.15) is 0 Å². The van der Waals surface area contributed by atoms with Crippen LogP contribution in [0.4, 0.5) is 17.1 Å². The molecular weight excluding hydrogens is 659 g/mol. The minimum absolute atomic E-state index is 0.0176. The second kappa shape index (κ2) is 11.7. The Hall–Kier alpha value is -7.17. The topological polar surface area (TPSA) is 30.2 Å². The summed E-state index contributed by atoms with van der Waals surface area (Å²) < 4.78 is 4.78. The van der Waals surface area contributed by atoms with Crippen molar-refractivity contribution >= 4 is 60.7 Å². The summed E-state index contributed by atoms with van der Waals surface area (Å²) in [6.07, 6.45) is 0. The minimum Gasteiger partial charge on any atom is -0.322 e. The fraction of sp³-hybridized carbons (Fsp3) is 0.0200. The average molecular weight is 692 g/mol. The van der Waals surface area contributed by atoms with Crippen molar-refractivity contribution in [3.63, 3.8) is 0 Å². The quantitative estimate of drug-likeness (QED) is 0.172. The van der Waals surface area contributed by atoms with Gasteiger partial charge in [-0.25, -0.2) is 0 Å². The third-order valence-corrected chi connectivity index (χ3v) is 11.3. The van der Waals surface area contributed by atoms with Gasteiger partial charge in [0, 0.05) is 44.2 Å². The Morgan fingerprint density at radius 2 is 0.796 bits per heavy atom. The normalized spacial score (nSPS) is 13.4. The summed E-state index contributed by atoms with van der Waals surface area (Å²) in [6, 6.07) is 70.3. The molecule has 54 heavy (non-hydrogen) atoms. The van der Waals surface area contributed by atoms with Crippen molar-refractivity contribution in [3.8, 4) is 5.69 Å². The molecule has 0 atom stereocenters. The number of benzene rings is 8. The van der Waals surface area contributed by atoms with Gasteiger partial charge in [-0.05, 0) is 66.7 Å². The zero-order valence-corrected chi connectivity index (χ0v) is 29.3. The first kappa shape index (κ1) is 30.5. The van der Waals surface area contributed by atoms with E-state index in [1.807, 2.05) is 24.3 Å². The molecule has 8 aromatic carbocycles. The summed E-state index contributed by atoms with van der Waals surface area (Å²) >= 11 is 0. The highest BCUT2D eigenvalue weighted by Crippen LogP contribution is 2.58. The van der Waals surface area contributed by atoms with Crippen molar-refractivity contribution in [3.05, 3.63) is 227 Å². The number of para-hydroxylation sites is 7. The summed E-state index contributed by atoms with van der Waals surface area (Å²) in [5, 5.41) is 3.71. The van der Waals surface area contributed by atoms with Crippen molar-refractivity contribution in [1.29, 1.82) is 0 Å². The number of hydrogen-bond donors (Lipinski definition) is 0. The number of aromatic nitrogens is 2. The molecule has 4 heteroatoms. The van der Waals surface area contributed by atoms with Gasteiger partial charge >= 0.3 is 0 Å². The van der Waals surface area contributed by atoms with Gasteiger partial charge in [0.1, 0.15) is 5.54 Å². The molecule has 254 valence electrons. The molecule has 3 heterocycles. The van der Waals surface area contributed by atoms with Gasteiger partial charge in [0.25, 0.3) is 0 Å². The van der Waals surface area contributed by atoms with Gasteiger partial charge in [0.05, 0.1) is 38.8 Å². The predicted octanol–water partition coefficient (Wildman–Crippen LogP) is 11.9. The lowest BCUT2D eigenvalue weighted by molar-refractivity contribution is 0.548. The van der Waals surface area contributed by atoms with E-state index in [4.69, 9.17) is 0 Å². The Balaban J connectivity index is 1.42. The highest BCUT2D eigenvalue weighted by Gasteiger charge is 2.49. The number of nitrogens with zero attached hydrogens (tertiary/aromatic N) is 3. The number of rotatable bonds is 4. The second-order valence-corrected chi connectivity index (χ2v) is 14.0. The van der Waals surface area contributed by atoms with Crippen molar-refractivity contribution in [2.45, 2.75) is 5.54 Å². The summed E-state index contributed by atoms with van der Waals surface area (Å²) in [4.78, 5) is 17.8. The van der Waals surface area contributed by atoms with Crippen LogP contribution in [0.2, 0.25) is 0 Å². The van der Waals surface area contributed by atoms with Gasteiger partial charge in [-0.1, -0.05) is 133 Å². The maximum atomic E-state index is 15.5. The molecule has 0 N–H and O–H groups in total. The van der Waals surface area contributed by atoms with Crippen molar-refractivity contribution in [2.75, 3.05) is 4.90 Å². The van der Waals surface area contributed by atoms with Crippen LogP contribution in [0.5, 0.6) is 0 Å². The van der Waals surface area contributed by atoms with E-state index in [1.165, 1.54) is 10.8 Å². The van der Waals surface area contributed by atoms with Gasteiger partial charge in [-0.3, -0.25) is 4.79 Å². The molecular formula is C50H33N3O. The maximum absolute atomic E-state index is 15.5. The summed E-state index contributed by atoms with van der Waals surface area (Å²) in [7, 11) is 0. The second-order valence-electron chi connectivity index (χ2n) is 14.0. The van der Waals surface area contributed by atoms with E-state index in [-0.39, 0.29) is 5.43 Å². The summed E-state index contributed by atoms with van der Waals surface area (Å²) in [5.41, 5.74) is 10.3. The van der Waals surface area contributed by atoms with Crippen molar-refractivity contribution < 1.29 is 0 Å². The molecule has 0 bridgehead atoms. The molecule has 0 saturated heterocycles. The molecule has 1 aliphatic heterocycles. The fourth-order valence-corrected chi connectivity index (χ4v) is 9.26. The maximum Gasteiger partial charge on any atom is 0.197 e. The standard InChI is InChI=1S/C50H33N3O/c54-49-38-24-9-12-28-42(38)51(34-18-3-1-4-19-34)47-33-17-27-41(48(47)49)50(53-43-29-13-7-22-36(43)37-23-8-14-30-44(37)53)39-25-10-15-31-45(39)52(35-20-5-2-6-21-35)46-32-16-11-26-40(46)50/h1-33H. The zero-order valence-electron chi connectivity index (χ0n) is 29.3. The van der Waals surface area contributed by atoms with E-state index in [1.54, 1.807) is 0 Å². The molecule has 10 aromatic rings. The molecule has 11 rings (SSSR count). The SMILES string of the molecule is O=c1c2ccccc2n(-c2ccccc2)c2cccc(C3(n4c5ccccc5c5ccccc54)c4ccccc4N(c4ccccc4)c4ccccc43)c12. The van der Waals surface area contributed by atoms with Crippen LogP contribution in [0.1, 0.15) is 16.7 Å². The Labute approximate surface area is 312 Å². The Bertz CT molecular complexity index is 3040. The third kappa shape index (κ3) is 4.05. The first-order chi connectivity index (χ1) is 26.8. The van der Waals surface area contributed by atoms with E-state index in [9.17, 15) is 0 Å². The lowest BCUT2D eigenvalue weighted by Crippen LogP contribution is -2.43. The molecule has 0 aliphatic carbocycles. The summed E-state index contributed by atoms with van der Waals surface area (Å²) in [5.74, 6) is 0. The number of pyridine rings is 1. The van der Waals surface area contributed by atoms with Gasteiger partial charge in [0.15, 0.2) is 5.43 Å². The van der Waals surface area contributed by atoms with Crippen molar-refractivity contribution in [1.82, 2.24) is 9.13 Å². The Kier molecular flexibility index (Phi) is 6.58. The highest BCUT2D eigenvalue weighted by molar-refractivity contribution is 6.10. The van der Waals surface area contributed by atoms with E-state index < -0.39 is 5.54 Å². The largest absolute Gasteiger partial charge is 0.322 e. The summed E-state index contributed by atoms with van der Waals surface area (Å²) in [6.45, 7) is 0. The highest BCUT2D eigenvalue weighted by atomic mass is 16.1. The van der Waals surface area contributed by atoms with Crippen LogP contribution >= 0.6 is 0 Å². The molecule has 0 saturated carbocycles. The first-order valence-corrected chi connectivity index (χ1v) is 18.4. The molecule has 2 aromatic heterocycles. The lowest BCUT2D eigenvalue weighted by atomic mass is 9.71. The predicted molar refractivity (Wildman–Crippen MR) is 223 cm³/mol. The fourth-order valence-electron chi connectivity index (χ4n) is 9.26. The van der Waals surface area contributed by atoms with Crippen LogP contribution < -0.4 is 10.3 Å². The molecule has 0 radical (unpaired) electrons. The molecule has 4 nitrogen and oxygen atoms in total. The molecule has 1 aliphatic rings. The van der Waals surface area contributed by atoms with E-state index in [0.29, 0.717) is 10.8 Å². The zero-order chi connectivity index (χ0) is 35.8. The number of hydrogen-bond acceptors (Lipinski definition) is 2. The Morgan fingerprint density at radius 1 is 0.352 bits per heavy atom. The third-order valence-electron chi connectivity index (χ3n) is 11.3. The molecule has 0 unspecified atom stereocenters. The minimum atomic E-state index is -0.989. The van der Waals surface area contributed by atoms with Crippen LogP contribution in [0.25, 0.3) is 49.3 Å². The van der Waals surface area contributed by atoms with E-state index in [2.05, 4.69) is 190 Å². The smallest absolute Gasteiger partial charge is 0.197 e. The van der Waals surface area contributed by atoms with E-state index in [0.717, 1.165) is 61.5 Å².